The highest BCUT2D eigenvalue weighted by Gasteiger charge is 2.18. The third-order valence-electron chi connectivity index (χ3n) is 1.30. The SMILES string of the molecule is CCCCC(C)(O)O[PH2]=O. The predicted octanol–water partition coefficient (Wildman–Crippen LogP) is 1.57. The van der Waals surface area contributed by atoms with E-state index in [0.29, 0.717) is 6.42 Å². The van der Waals surface area contributed by atoms with E-state index in [9.17, 15) is 9.67 Å². The minimum atomic E-state index is -1.30. The van der Waals surface area contributed by atoms with Crippen LogP contribution in [-0.2, 0) is 9.09 Å². The Balaban J connectivity index is 3.51. The average molecular weight is 166 g/mol. The second kappa shape index (κ2) is 4.89. The first-order chi connectivity index (χ1) is 4.62. The Hall–Kier alpha value is 0.150. The maximum Gasteiger partial charge on any atom is 0.182 e. The van der Waals surface area contributed by atoms with Crippen molar-refractivity contribution in [1.29, 1.82) is 0 Å². The van der Waals surface area contributed by atoms with Gasteiger partial charge < -0.3 is 5.11 Å². The van der Waals surface area contributed by atoms with Crippen LogP contribution in [0.25, 0.3) is 0 Å². The zero-order chi connectivity index (χ0) is 8.04. The maximum absolute atomic E-state index is 10.0. The molecule has 62 valence electrons. The van der Waals surface area contributed by atoms with Gasteiger partial charge in [-0.2, -0.15) is 0 Å². The van der Waals surface area contributed by atoms with Gasteiger partial charge in [0.2, 0.25) is 0 Å². The van der Waals surface area contributed by atoms with Crippen molar-refractivity contribution < 1.29 is 14.2 Å². The third-order valence-corrected chi connectivity index (χ3v) is 1.90. The fourth-order valence-electron chi connectivity index (χ4n) is 0.667. The molecule has 0 radical (unpaired) electrons. The second-order valence-corrected chi connectivity index (χ2v) is 2.92. The van der Waals surface area contributed by atoms with Crippen LogP contribution in [-0.4, -0.2) is 10.9 Å². The third kappa shape index (κ3) is 4.98. The molecule has 0 rings (SSSR count). The zero-order valence-corrected chi connectivity index (χ0v) is 7.62. The first-order valence-corrected chi connectivity index (χ1v) is 4.40. The molecule has 3 nitrogen and oxygen atoms in total. The van der Waals surface area contributed by atoms with Crippen molar-refractivity contribution in [1.82, 2.24) is 0 Å². The molecule has 0 fully saturated rings. The quantitative estimate of drug-likeness (QED) is 0.498. The zero-order valence-electron chi connectivity index (χ0n) is 6.46. The van der Waals surface area contributed by atoms with Gasteiger partial charge in [0.05, 0.1) is 0 Å². The first kappa shape index (κ1) is 10.2. The topological polar surface area (TPSA) is 46.5 Å². The van der Waals surface area contributed by atoms with Gasteiger partial charge in [0.15, 0.2) is 14.5 Å². The van der Waals surface area contributed by atoms with Crippen molar-refractivity contribution >= 4 is 8.69 Å². The lowest BCUT2D eigenvalue weighted by atomic mass is 10.1. The van der Waals surface area contributed by atoms with E-state index in [2.05, 4.69) is 4.52 Å². The van der Waals surface area contributed by atoms with Crippen LogP contribution in [0, 0.1) is 0 Å². The van der Waals surface area contributed by atoms with Gasteiger partial charge in [0, 0.05) is 6.42 Å². The molecular weight excluding hydrogens is 151 g/mol. The molecular formula is C6H15O3P. The highest BCUT2D eigenvalue weighted by molar-refractivity contribution is 7.17. The van der Waals surface area contributed by atoms with Crippen molar-refractivity contribution in [3.05, 3.63) is 0 Å². The van der Waals surface area contributed by atoms with Crippen LogP contribution in [0.2, 0.25) is 0 Å². The van der Waals surface area contributed by atoms with E-state index < -0.39 is 14.5 Å². The number of rotatable bonds is 5. The average Bonchev–Trinajstić information content (AvgIpc) is 1.84. The molecule has 1 N–H and O–H groups in total. The molecule has 0 aliphatic heterocycles. The molecule has 0 saturated carbocycles. The molecule has 0 aromatic rings. The van der Waals surface area contributed by atoms with Crippen LogP contribution < -0.4 is 0 Å². The summed E-state index contributed by atoms with van der Waals surface area (Å²) in [5, 5.41) is 9.24. The molecule has 4 heteroatoms. The summed E-state index contributed by atoms with van der Waals surface area (Å²) >= 11 is 0. The number of hydrogen-bond donors (Lipinski definition) is 1. The summed E-state index contributed by atoms with van der Waals surface area (Å²) in [6, 6.07) is 0. The summed E-state index contributed by atoms with van der Waals surface area (Å²) in [7, 11) is -1.30. The summed E-state index contributed by atoms with van der Waals surface area (Å²) in [6.07, 6.45) is 2.46. The van der Waals surface area contributed by atoms with Gasteiger partial charge in [0.1, 0.15) is 0 Å². The fourth-order valence-corrected chi connectivity index (χ4v) is 0.993. The van der Waals surface area contributed by atoms with Gasteiger partial charge in [-0.05, 0) is 13.3 Å². The van der Waals surface area contributed by atoms with Crippen LogP contribution >= 0.6 is 8.69 Å². The highest BCUT2D eigenvalue weighted by atomic mass is 31.1. The number of unbranched alkanes of at least 4 members (excludes halogenated alkanes) is 1. The Bertz CT molecular complexity index is 103. The molecule has 10 heavy (non-hydrogen) atoms. The molecule has 0 aliphatic carbocycles. The maximum atomic E-state index is 10.0. The Morgan fingerprint density at radius 3 is 2.70 bits per heavy atom. The van der Waals surface area contributed by atoms with Gasteiger partial charge in [-0.3, -0.25) is 9.09 Å². The summed E-state index contributed by atoms with van der Waals surface area (Å²) in [5.74, 6) is -1.17. The van der Waals surface area contributed by atoms with E-state index >= 15 is 0 Å². The highest BCUT2D eigenvalue weighted by Crippen LogP contribution is 2.19. The van der Waals surface area contributed by atoms with E-state index in [0.717, 1.165) is 12.8 Å². The molecule has 0 aromatic carbocycles. The van der Waals surface area contributed by atoms with Gasteiger partial charge in [-0.25, -0.2) is 0 Å². The summed E-state index contributed by atoms with van der Waals surface area (Å²) in [4.78, 5) is 0. The molecule has 0 aliphatic rings. The van der Waals surface area contributed by atoms with E-state index in [1.165, 1.54) is 6.92 Å². The minimum absolute atomic E-state index is 0.554. The first-order valence-electron chi connectivity index (χ1n) is 3.46. The standard InChI is InChI=1S/C6H15O3P/c1-3-4-5-6(2,7)9-10-8/h7H,3-5,10H2,1-2H3. The molecule has 0 bridgehead atoms. The van der Waals surface area contributed by atoms with Crippen LogP contribution in [0.4, 0.5) is 0 Å². The van der Waals surface area contributed by atoms with Crippen molar-refractivity contribution in [2.75, 3.05) is 0 Å². The van der Waals surface area contributed by atoms with Gasteiger partial charge in [-0.1, -0.05) is 13.3 Å². The monoisotopic (exact) mass is 166 g/mol. The smallest absolute Gasteiger partial charge is 0.182 e. The van der Waals surface area contributed by atoms with Crippen molar-refractivity contribution in [2.45, 2.75) is 38.9 Å². The van der Waals surface area contributed by atoms with Crippen molar-refractivity contribution in [3.63, 3.8) is 0 Å². The van der Waals surface area contributed by atoms with E-state index in [1.807, 2.05) is 6.92 Å². The Kier molecular flexibility index (Phi) is 4.96. The van der Waals surface area contributed by atoms with E-state index in [4.69, 9.17) is 0 Å². The summed E-state index contributed by atoms with van der Waals surface area (Å²) in [5.41, 5.74) is 0. The fraction of sp³-hybridized carbons (Fsp3) is 1.00. The number of hydrogen-bond acceptors (Lipinski definition) is 3. The molecule has 0 amide bonds. The lowest BCUT2D eigenvalue weighted by Gasteiger charge is -2.19. The summed E-state index contributed by atoms with van der Waals surface area (Å²) < 4.78 is 14.6. The van der Waals surface area contributed by atoms with Crippen molar-refractivity contribution in [2.24, 2.45) is 0 Å². The second-order valence-electron chi connectivity index (χ2n) is 2.49. The summed E-state index contributed by atoms with van der Waals surface area (Å²) in [6.45, 7) is 3.56. The molecule has 0 spiro atoms. The molecule has 2 unspecified atom stereocenters. The normalized spacial score (nSPS) is 17.9. The minimum Gasteiger partial charge on any atom is -0.365 e. The van der Waals surface area contributed by atoms with Gasteiger partial charge in [0.25, 0.3) is 0 Å². The van der Waals surface area contributed by atoms with E-state index in [1.54, 1.807) is 0 Å². The Morgan fingerprint density at radius 2 is 2.30 bits per heavy atom. The number of aliphatic hydroxyl groups is 1. The van der Waals surface area contributed by atoms with E-state index in [-0.39, 0.29) is 0 Å². The predicted molar refractivity (Wildman–Crippen MR) is 41.6 cm³/mol. The van der Waals surface area contributed by atoms with Crippen LogP contribution in [0.15, 0.2) is 0 Å². The lowest BCUT2D eigenvalue weighted by molar-refractivity contribution is -0.120. The lowest BCUT2D eigenvalue weighted by Crippen LogP contribution is -2.23. The van der Waals surface area contributed by atoms with Gasteiger partial charge >= 0.3 is 0 Å². The van der Waals surface area contributed by atoms with Crippen molar-refractivity contribution in [3.8, 4) is 0 Å². The van der Waals surface area contributed by atoms with Crippen LogP contribution in [0.5, 0.6) is 0 Å². The van der Waals surface area contributed by atoms with Gasteiger partial charge in [-0.15, -0.1) is 0 Å². The Morgan fingerprint density at radius 1 is 1.70 bits per heavy atom. The molecule has 0 heterocycles. The van der Waals surface area contributed by atoms with Crippen LogP contribution in [0.1, 0.15) is 33.1 Å². The largest absolute Gasteiger partial charge is 0.365 e. The van der Waals surface area contributed by atoms with Crippen LogP contribution in [0.3, 0.4) is 0 Å². The Labute approximate surface area is 62.7 Å². The molecule has 2 atom stereocenters. The molecule has 0 saturated heterocycles. The molecule has 0 aromatic heterocycles.